The summed E-state index contributed by atoms with van der Waals surface area (Å²) < 4.78 is 0.682. The second-order valence-corrected chi connectivity index (χ2v) is 7.02. The van der Waals surface area contributed by atoms with Gasteiger partial charge in [-0.2, -0.15) is 0 Å². The van der Waals surface area contributed by atoms with Crippen LogP contribution in [0.3, 0.4) is 0 Å². The summed E-state index contributed by atoms with van der Waals surface area (Å²) in [5, 5.41) is 5.60. The number of aryl methyl sites for hydroxylation is 1. The van der Waals surface area contributed by atoms with Gasteiger partial charge in [-0.15, -0.1) is 0 Å². The number of hydrogen-bond donors (Lipinski definition) is 3. The molecule has 0 spiro atoms. The molecule has 0 aromatic carbocycles. The minimum absolute atomic E-state index is 0.154. The Hall–Kier alpha value is -2.16. The third-order valence-electron chi connectivity index (χ3n) is 3.65. The number of nitrogens with zero attached hydrogens (tertiary/aromatic N) is 1. The van der Waals surface area contributed by atoms with Gasteiger partial charge < -0.3 is 16.4 Å². The Labute approximate surface area is 168 Å². The van der Waals surface area contributed by atoms with Crippen molar-refractivity contribution in [1.29, 1.82) is 0 Å². The molecule has 140 valence electrons. The molecule has 4 N–H and O–H groups in total. The molecule has 1 unspecified atom stereocenters. The number of hydrogen-bond acceptors (Lipinski definition) is 4. The molecule has 0 aliphatic rings. The van der Waals surface area contributed by atoms with Crippen LogP contribution in [0.2, 0.25) is 0 Å². The summed E-state index contributed by atoms with van der Waals surface area (Å²) in [5.74, 6) is -0.0456. The van der Waals surface area contributed by atoms with Gasteiger partial charge in [-0.3, -0.25) is 9.59 Å². The van der Waals surface area contributed by atoms with E-state index in [0.29, 0.717) is 27.2 Å². The molecule has 1 aromatic heterocycles. The molecule has 7 heteroatoms. The normalized spacial score (nSPS) is 13.5. The molecule has 0 radical (unpaired) electrons. The van der Waals surface area contributed by atoms with E-state index in [1.165, 1.54) is 0 Å². The monoisotopic (exact) mass is 468 g/mol. The summed E-state index contributed by atoms with van der Waals surface area (Å²) in [6.45, 7) is 11.1. The van der Waals surface area contributed by atoms with E-state index in [2.05, 4.69) is 22.2 Å². The number of halogens is 1. The average Bonchev–Trinajstić information content (AvgIpc) is 2.58. The molecule has 6 nitrogen and oxygen atoms in total. The summed E-state index contributed by atoms with van der Waals surface area (Å²) in [4.78, 5) is 28.4. The van der Waals surface area contributed by atoms with Crippen molar-refractivity contribution in [3.8, 4) is 0 Å². The predicted molar refractivity (Wildman–Crippen MR) is 114 cm³/mol. The molecule has 26 heavy (non-hydrogen) atoms. The fourth-order valence-corrected chi connectivity index (χ4v) is 2.29. The van der Waals surface area contributed by atoms with Gasteiger partial charge in [0.05, 0.1) is 9.75 Å². The standard InChI is InChI=1S/C19H25IN4O2/c1-6-14(8-11(3)18(20)21)13(5)23-19(26)15-9-12(4)22-16(10-15)24-17(25)7-2/h6,8-10,13H,1,7,21H2,2-5H3,(H,23,26)(H,22,24,25)/b14-8+,18-11-. The third kappa shape index (κ3) is 6.62. The lowest BCUT2D eigenvalue weighted by Crippen LogP contribution is -2.33. The Morgan fingerprint density at radius 2 is 2.08 bits per heavy atom. The number of allylic oxidation sites excluding steroid dienone is 2. The highest BCUT2D eigenvalue weighted by molar-refractivity contribution is 14.1. The number of pyridine rings is 1. The van der Waals surface area contributed by atoms with Crippen molar-refractivity contribution in [1.82, 2.24) is 10.3 Å². The zero-order valence-corrected chi connectivity index (χ0v) is 17.7. The van der Waals surface area contributed by atoms with Crippen molar-refractivity contribution in [2.45, 2.75) is 40.2 Å². The first kappa shape index (κ1) is 21.9. The van der Waals surface area contributed by atoms with Crippen LogP contribution in [0.25, 0.3) is 0 Å². The largest absolute Gasteiger partial charge is 0.394 e. The van der Waals surface area contributed by atoms with Crippen molar-refractivity contribution in [2.24, 2.45) is 5.73 Å². The van der Waals surface area contributed by atoms with Gasteiger partial charge in [0.15, 0.2) is 0 Å². The molecular formula is C19H25IN4O2. The van der Waals surface area contributed by atoms with Crippen molar-refractivity contribution >= 4 is 40.2 Å². The molecule has 2 amide bonds. The van der Waals surface area contributed by atoms with Gasteiger partial charge in [-0.05, 0) is 66.6 Å². The van der Waals surface area contributed by atoms with Gasteiger partial charge >= 0.3 is 0 Å². The molecule has 0 saturated carbocycles. The van der Waals surface area contributed by atoms with Gasteiger partial charge in [-0.25, -0.2) is 4.98 Å². The van der Waals surface area contributed by atoms with E-state index >= 15 is 0 Å². The first-order valence-corrected chi connectivity index (χ1v) is 9.31. The Morgan fingerprint density at radius 3 is 2.62 bits per heavy atom. The molecular weight excluding hydrogens is 443 g/mol. The highest BCUT2D eigenvalue weighted by Gasteiger charge is 2.14. The van der Waals surface area contributed by atoms with Crippen molar-refractivity contribution in [2.75, 3.05) is 5.32 Å². The highest BCUT2D eigenvalue weighted by atomic mass is 127. The second-order valence-electron chi connectivity index (χ2n) is 5.86. The SMILES string of the molecule is C=C/C(=C\C(C)=C(/N)I)C(C)NC(=O)c1cc(C)nc(NC(=O)CC)c1. The molecule has 1 aromatic rings. The number of aromatic nitrogens is 1. The average molecular weight is 468 g/mol. The zero-order valence-electron chi connectivity index (χ0n) is 15.5. The van der Waals surface area contributed by atoms with E-state index in [0.717, 1.165) is 11.1 Å². The Balaban J connectivity index is 3.01. The van der Waals surface area contributed by atoms with Gasteiger partial charge in [0, 0.05) is 17.7 Å². The van der Waals surface area contributed by atoms with Crippen LogP contribution in [0.5, 0.6) is 0 Å². The van der Waals surface area contributed by atoms with Crippen LogP contribution in [-0.2, 0) is 4.79 Å². The van der Waals surface area contributed by atoms with Crippen LogP contribution in [0, 0.1) is 6.92 Å². The lowest BCUT2D eigenvalue weighted by molar-refractivity contribution is -0.115. The van der Waals surface area contributed by atoms with E-state index in [9.17, 15) is 9.59 Å². The summed E-state index contributed by atoms with van der Waals surface area (Å²) in [6.07, 6.45) is 3.93. The second kappa shape index (κ2) is 10.1. The number of carbonyl (C=O) groups is 2. The first-order valence-electron chi connectivity index (χ1n) is 8.23. The van der Waals surface area contributed by atoms with Crippen LogP contribution >= 0.6 is 22.6 Å². The number of nitrogens with two attached hydrogens (primary N) is 1. The van der Waals surface area contributed by atoms with Gasteiger partial charge in [0.25, 0.3) is 5.91 Å². The van der Waals surface area contributed by atoms with Crippen LogP contribution in [0.4, 0.5) is 5.82 Å². The topological polar surface area (TPSA) is 97.1 Å². The zero-order chi connectivity index (χ0) is 19.9. The fraction of sp³-hybridized carbons (Fsp3) is 0.316. The lowest BCUT2D eigenvalue weighted by Gasteiger charge is -2.16. The summed E-state index contributed by atoms with van der Waals surface area (Å²) in [5.41, 5.74) is 8.61. The number of anilines is 1. The fourth-order valence-electron chi connectivity index (χ4n) is 2.14. The number of amides is 2. The molecule has 1 rings (SSSR count). The van der Waals surface area contributed by atoms with E-state index in [1.54, 1.807) is 32.1 Å². The van der Waals surface area contributed by atoms with Crippen molar-refractivity contribution < 1.29 is 9.59 Å². The van der Waals surface area contributed by atoms with Gasteiger partial charge in [-0.1, -0.05) is 25.7 Å². The maximum Gasteiger partial charge on any atom is 0.251 e. The third-order valence-corrected chi connectivity index (χ3v) is 4.50. The van der Waals surface area contributed by atoms with E-state index in [1.807, 2.05) is 42.5 Å². The smallest absolute Gasteiger partial charge is 0.251 e. The Morgan fingerprint density at radius 1 is 1.42 bits per heavy atom. The molecule has 0 aliphatic heterocycles. The minimum atomic E-state index is -0.258. The Kier molecular flexibility index (Phi) is 8.50. The lowest BCUT2D eigenvalue weighted by atomic mass is 10.1. The molecule has 0 fully saturated rings. The van der Waals surface area contributed by atoms with Gasteiger partial charge in [0.1, 0.15) is 5.82 Å². The maximum absolute atomic E-state index is 12.6. The quantitative estimate of drug-likeness (QED) is 0.324. The van der Waals surface area contributed by atoms with E-state index in [-0.39, 0.29) is 17.9 Å². The molecule has 1 atom stereocenters. The minimum Gasteiger partial charge on any atom is -0.394 e. The van der Waals surface area contributed by atoms with E-state index in [4.69, 9.17) is 5.73 Å². The first-order chi connectivity index (χ1) is 12.2. The maximum atomic E-state index is 12.6. The highest BCUT2D eigenvalue weighted by Crippen LogP contribution is 2.15. The molecule has 0 bridgehead atoms. The molecule has 0 aliphatic carbocycles. The molecule has 1 heterocycles. The summed E-state index contributed by atoms with van der Waals surface area (Å²) in [6, 6.07) is 2.98. The number of rotatable bonds is 7. The van der Waals surface area contributed by atoms with E-state index < -0.39 is 0 Å². The van der Waals surface area contributed by atoms with Crippen LogP contribution in [0.1, 0.15) is 43.2 Å². The van der Waals surface area contributed by atoms with Crippen LogP contribution < -0.4 is 16.4 Å². The number of nitrogens with one attached hydrogen (secondary N) is 2. The van der Waals surface area contributed by atoms with Crippen LogP contribution in [-0.4, -0.2) is 22.8 Å². The predicted octanol–water partition coefficient (Wildman–Crippen LogP) is 3.59. The van der Waals surface area contributed by atoms with Crippen LogP contribution in [0.15, 0.2) is 45.7 Å². The summed E-state index contributed by atoms with van der Waals surface area (Å²) >= 11 is 2.05. The number of carbonyl (C=O) groups excluding carboxylic acids is 2. The molecule has 0 saturated heterocycles. The van der Waals surface area contributed by atoms with Crippen molar-refractivity contribution in [3.05, 3.63) is 57.0 Å². The van der Waals surface area contributed by atoms with Crippen molar-refractivity contribution in [3.63, 3.8) is 0 Å². The Bertz CT molecular complexity index is 765. The summed E-state index contributed by atoms with van der Waals surface area (Å²) in [7, 11) is 0. The van der Waals surface area contributed by atoms with Gasteiger partial charge in [0.2, 0.25) is 5.91 Å².